The Balaban J connectivity index is 2.16. The highest BCUT2D eigenvalue weighted by molar-refractivity contribution is 5.94. The van der Waals surface area contributed by atoms with Crippen LogP contribution in [0.25, 0.3) is 0 Å². The van der Waals surface area contributed by atoms with Gasteiger partial charge in [0.05, 0.1) is 12.4 Å². The maximum Gasteiger partial charge on any atom is 0.322 e. The SMILES string of the molecule is CCC(C)C(NC(=O)C(Cc1ccccc1)NC(=O)C(N)Cc1cnc[nH]1)C(=O)NCC(=O)O. The number of carbonyl (C=O) groups excluding carboxylic acids is 3. The van der Waals surface area contributed by atoms with Crippen LogP contribution in [0.2, 0.25) is 0 Å². The molecule has 34 heavy (non-hydrogen) atoms. The second-order valence-electron chi connectivity index (χ2n) is 8.12. The summed E-state index contributed by atoms with van der Waals surface area (Å²) in [6, 6.07) is 6.23. The molecule has 4 atom stereocenters. The normalized spacial score (nSPS) is 14.3. The highest BCUT2D eigenvalue weighted by Crippen LogP contribution is 2.10. The predicted octanol–water partition coefficient (Wildman–Crippen LogP) is -0.261. The number of benzene rings is 1. The Morgan fingerprint density at radius 1 is 1.06 bits per heavy atom. The average molecular weight is 473 g/mol. The van der Waals surface area contributed by atoms with E-state index in [0.717, 1.165) is 5.56 Å². The van der Waals surface area contributed by atoms with Gasteiger partial charge in [0, 0.05) is 24.7 Å². The van der Waals surface area contributed by atoms with Gasteiger partial charge in [0.2, 0.25) is 17.7 Å². The molecule has 0 aliphatic heterocycles. The van der Waals surface area contributed by atoms with E-state index in [0.29, 0.717) is 12.1 Å². The Hall–Kier alpha value is -3.73. The van der Waals surface area contributed by atoms with E-state index in [9.17, 15) is 19.2 Å². The highest BCUT2D eigenvalue weighted by Gasteiger charge is 2.31. The lowest BCUT2D eigenvalue weighted by Gasteiger charge is -2.27. The number of nitrogens with zero attached hydrogens (tertiary/aromatic N) is 1. The fraction of sp³-hybridized carbons (Fsp3) is 0.435. The number of aliphatic carboxylic acids is 1. The summed E-state index contributed by atoms with van der Waals surface area (Å²) in [5.74, 6) is -3.16. The number of carboxylic acid groups (broad SMARTS) is 1. The third-order valence-electron chi connectivity index (χ3n) is 5.45. The topological polar surface area (TPSA) is 179 Å². The third kappa shape index (κ3) is 8.32. The van der Waals surface area contributed by atoms with E-state index in [1.165, 1.54) is 6.33 Å². The van der Waals surface area contributed by atoms with Crippen LogP contribution in [0.15, 0.2) is 42.9 Å². The molecular formula is C23H32N6O5. The van der Waals surface area contributed by atoms with Crippen molar-refractivity contribution in [3.05, 3.63) is 54.1 Å². The van der Waals surface area contributed by atoms with Gasteiger partial charge in [-0.3, -0.25) is 19.2 Å². The molecule has 0 fully saturated rings. The smallest absolute Gasteiger partial charge is 0.322 e. The number of H-pyrrole nitrogens is 1. The van der Waals surface area contributed by atoms with Gasteiger partial charge in [-0.1, -0.05) is 50.6 Å². The quantitative estimate of drug-likeness (QED) is 0.232. The Bertz CT molecular complexity index is 950. The van der Waals surface area contributed by atoms with E-state index < -0.39 is 48.4 Å². The Labute approximate surface area is 197 Å². The lowest BCUT2D eigenvalue weighted by Crippen LogP contribution is -2.58. The first-order chi connectivity index (χ1) is 16.2. The third-order valence-corrected chi connectivity index (χ3v) is 5.45. The van der Waals surface area contributed by atoms with Crippen molar-refractivity contribution < 1.29 is 24.3 Å². The Morgan fingerprint density at radius 3 is 2.35 bits per heavy atom. The van der Waals surface area contributed by atoms with E-state index in [1.807, 2.05) is 37.3 Å². The molecule has 11 heteroatoms. The van der Waals surface area contributed by atoms with Crippen LogP contribution in [0.1, 0.15) is 31.5 Å². The molecule has 4 unspecified atom stereocenters. The molecule has 1 aromatic carbocycles. The van der Waals surface area contributed by atoms with E-state index >= 15 is 0 Å². The number of amides is 3. The van der Waals surface area contributed by atoms with E-state index in [4.69, 9.17) is 10.8 Å². The number of nitrogens with two attached hydrogens (primary N) is 1. The molecule has 0 aliphatic rings. The fourth-order valence-electron chi connectivity index (χ4n) is 3.29. The summed E-state index contributed by atoms with van der Waals surface area (Å²) >= 11 is 0. The first-order valence-corrected chi connectivity index (χ1v) is 11.1. The van der Waals surface area contributed by atoms with Crippen LogP contribution >= 0.6 is 0 Å². The van der Waals surface area contributed by atoms with Crippen LogP contribution in [0, 0.1) is 5.92 Å². The molecule has 0 saturated carbocycles. The largest absolute Gasteiger partial charge is 0.480 e. The first-order valence-electron chi connectivity index (χ1n) is 11.1. The van der Waals surface area contributed by atoms with Crippen LogP contribution in [0.5, 0.6) is 0 Å². The number of imidazole rings is 1. The maximum atomic E-state index is 13.2. The zero-order valence-electron chi connectivity index (χ0n) is 19.3. The second kappa shape index (κ2) is 13.1. The van der Waals surface area contributed by atoms with Gasteiger partial charge in [-0.2, -0.15) is 0 Å². The monoisotopic (exact) mass is 472 g/mol. The molecule has 7 N–H and O–H groups in total. The minimum Gasteiger partial charge on any atom is -0.480 e. The summed E-state index contributed by atoms with van der Waals surface area (Å²) in [6.45, 7) is 3.07. The van der Waals surface area contributed by atoms with Crippen molar-refractivity contribution in [3.63, 3.8) is 0 Å². The van der Waals surface area contributed by atoms with Crippen LogP contribution in [0.4, 0.5) is 0 Å². The molecule has 0 spiro atoms. The van der Waals surface area contributed by atoms with E-state index in [2.05, 4.69) is 25.9 Å². The number of rotatable bonds is 13. The molecule has 184 valence electrons. The van der Waals surface area contributed by atoms with Gasteiger partial charge >= 0.3 is 5.97 Å². The van der Waals surface area contributed by atoms with Crippen LogP contribution in [-0.4, -0.2) is 63.4 Å². The highest BCUT2D eigenvalue weighted by atomic mass is 16.4. The second-order valence-corrected chi connectivity index (χ2v) is 8.12. The van der Waals surface area contributed by atoms with Gasteiger partial charge < -0.3 is 31.8 Å². The molecule has 11 nitrogen and oxygen atoms in total. The summed E-state index contributed by atoms with van der Waals surface area (Å²) in [5.41, 5.74) is 7.51. The van der Waals surface area contributed by atoms with Gasteiger partial charge in [-0.25, -0.2) is 4.98 Å². The number of carboxylic acids is 1. The van der Waals surface area contributed by atoms with Crippen LogP contribution in [-0.2, 0) is 32.0 Å². The maximum absolute atomic E-state index is 13.2. The van der Waals surface area contributed by atoms with Gasteiger partial charge in [0.1, 0.15) is 18.6 Å². The summed E-state index contributed by atoms with van der Waals surface area (Å²) in [5, 5.41) is 16.5. The van der Waals surface area contributed by atoms with Crippen molar-refractivity contribution in [2.45, 2.75) is 51.2 Å². The van der Waals surface area contributed by atoms with Crippen molar-refractivity contribution in [1.29, 1.82) is 0 Å². The fourth-order valence-corrected chi connectivity index (χ4v) is 3.29. The molecule has 2 aromatic rings. The Kier molecular flexibility index (Phi) is 10.2. The zero-order chi connectivity index (χ0) is 25.1. The molecule has 1 aromatic heterocycles. The molecule has 0 bridgehead atoms. The minimum absolute atomic E-state index is 0.180. The summed E-state index contributed by atoms with van der Waals surface area (Å²) < 4.78 is 0. The first kappa shape index (κ1) is 26.5. The van der Waals surface area contributed by atoms with Gasteiger partial charge in [0.25, 0.3) is 0 Å². The van der Waals surface area contributed by atoms with E-state index in [1.54, 1.807) is 13.1 Å². The number of aromatic amines is 1. The van der Waals surface area contributed by atoms with Gasteiger partial charge in [-0.05, 0) is 11.5 Å². The van der Waals surface area contributed by atoms with Gasteiger partial charge in [-0.15, -0.1) is 0 Å². The lowest BCUT2D eigenvalue weighted by atomic mass is 9.97. The van der Waals surface area contributed by atoms with Crippen molar-refractivity contribution in [1.82, 2.24) is 25.9 Å². The number of carbonyl (C=O) groups is 4. The van der Waals surface area contributed by atoms with Crippen LogP contribution in [0.3, 0.4) is 0 Å². The molecule has 0 aliphatic carbocycles. The molecule has 1 heterocycles. The zero-order valence-corrected chi connectivity index (χ0v) is 19.3. The summed E-state index contributed by atoms with van der Waals surface area (Å²) in [6.07, 6.45) is 4.00. The number of nitrogens with one attached hydrogen (secondary N) is 4. The predicted molar refractivity (Wildman–Crippen MR) is 124 cm³/mol. The standard InChI is InChI=1S/C23H32N6O5/c1-3-14(2)20(23(34)26-12-19(30)31)29-22(33)18(9-15-7-5-4-6-8-15)28-21(32)17(24)10-16-11-25-13-27-16/h4-8,11,13-14,17-18,20H,3,9-10,12,24H2,1-2H3,(H,25,27)(H,26,34)(H,28,32)(H,29,33)(H,30,31). The molecule has 0 radical (unpaired) electrons. The molecular weight excluding hydrogens is 440 g/mol. The number of aromatic nitrogens is 2. The minimum atomic E-state index is -1.19. The van der Waals surface area contributed by atoms with Crippen molar-refractivity contribution in [2.75, 3.05) is 6.54 Å². The average Bonchev–Trinajstić information content (AvgIpc) is 3.33. The lowest BCUT2D eigenvalue weighted by molar-refractivity contribution is -0.139. The summed E-state index contributed by atoms with van der Waals surface area (Å²) in [7, 11) is 0. The number of hydrogen-bond acceptors (Lipinski definition) is 6. The van der Waals surface area contributed by atoms with Crippen molar-refractivity contribution >= 4 is 23.7 Å². The van der Waals surface area contributed by atoms with Crippen LogP contribution < -0.4 is 21.7 Å². The Morgan fingerprint density at radius 2 is 1.76 bits per heavy atom. The molecule has 3 amide bonds. The molecule has 0 saturated heterocycles. The molecule has 2 rings (SSSR count). The van der Waals surface area contributed by atoms with Crippen molar-refractivity contribution in [2.24, 2.45) is 11.7 Å². The van der Waals surface area contributed by atoms with E-state index in [-0.39, 0.29) is 18.8 Å². The van der Waals surface area contributed by atoms with Gasteiger partial charge in [0.15, 0.2) is 0 Å². The van der Waals surface area contributed by atoms with Crippen molar-refractivity contribution in [3.8, 4) is 0 Å². The number of hydrogen-bond donors (Lipinski definition) is 6. The summed E-state index contributed by atoms with van der Waals surface area (Å²) in [4.78, 5) is 56.2.